The lowest BCUT2D eigenvalue weighted by Gasteiger charge is -2.23. The van der Waals surface area contributed by atoms with E-state index < -0.39 is 10.2 Å². The molecular weight excluding hydrogens is 542 g/mol. The van der Waals surface area contributed by atoms with Crippen LogP contribution in [-0.2, 0) is 23.1 Å². The van der Waals surface area contributed by atoms with Crippen molar-refractivity contribution in [2.75, 3.05) is 31.0 Å². The van der Waals surface area contributed by atoms with Gasteiger partial charge in [-0.05, 0) is 67.3 Å². The fourth-order valence-corrected chi connectivity index (χ4v) is 4.79. The van der Waals surface area contributed by atoms with Crippen LogP contribution in [-0.4, -0.2) is 50.6 Å². The third-order valence-electron chi connectivity index (χ3n) is 6.42. The predicted molar refractivity (Wildman–Crippen MR) is 161 cm³/mol. The van der Waals surface area contributed by atoms with E-state index in [0.717, 1.165) is 34.7 Å². The Hall–Kier alpha value is -4.26. The number of aromatic nitrogens is 3. The molecule has 1 unspecified atom stereocenters. The maximum Gasteiger partial charge on any atom is 0.274 e. The highest BCUT2D eigenvalue weighted by Crippen LogP contribution is 2.33. The number of pyridine rings is 1. The number of aryl methyl sites for hydroxylation is 1. The van der Waals surface area contributed by atoms with Gasteiger partial charge in [0.25, 0.3) is 10.2 Å². The Morgan fingerprint density at radius 1 is 0.902 bits per heavy atom. The van der Waals surface area contributed by atoms with Crippen molar-refractivity contribution in [2.24, 2.45) is 5.14 Å². The van der Waals surface area contributed by atoms with Gasteiger partial charge >= 0.3 is 0 Å². The molecule has 0 aliphatic carbocycles. The first-order valence-electron chi connectivity index (χ1n) is 13.1. The van der Waals surface area contributed by atoms with Crippen molar-refractivity contribution in [3.8, 4) is 17.4 Å². The van der Waals surface area contributed by atoms with E-state index in [0.29, 0.717) is 29.8 Å². The third kappa shape index (κ3) is 8.13. The predicted octanol–water partition coefficient (Wildman–Crippen LogP) is 4.49. The summed E-state index contributed by atoms with van der Waals surface area (Å²) < 4.78 is 36.5. The van der Waals surface area contributed by atoms with Gasteiger partial charge in [0.2, 0.25) is 11.8 Å². The Bertz CT molecular complexity index is 1480. The van der Waals surface area contributed by atoms with Gasteiger partial charge in [-0.1, -0.05) is 19.1 Å². The molecule has 0 amide bonds. The van der Waals surface area contributed by atoms with Crippen molar-refractivity contribution in [2.45, 2.75) is 32.7 Å². The van der Waals surface area contributed by atoms with E-state index in [2.05, 4.69) is 21.6 Å². The van der Waals surface area contributed by atoms with E-state index in [-0.39, 0.29) is 6.04 Å². The molecular formula is C29H35N7O4S. The summed E-state index contributed by atoms with van der Waals surface area (Å²) in [4.78, 5) is 17.7. The lowest BCUT2D eigenvalue weighted by molar-refractivity contribution is 0.415. The largest absolute Gasteiger partial charge is 0.497 e. The standard InChI is InChI=1S/C29H35N7O4S/c1-6-21-18-31-29(32-19-21)36(4)24-16-27(35(3)23-9-13-25(39-5)14-10-23)33-28(17-24)40-26-11-7-22(8-12-26)15-20(2)34-41(30,37)38/h7-14,16-20,34H,6,15H2,1-5H3,(H2,30,37,38). The quantitative estimate of drug-likeness (QED) is 0.249. The lowest BCUT2D eigenvalue weighted by Crippen LogP contribution is -2.38. The summed E-state index contributed by atoms with van der Waals surface area (Å²) in [6.07, 6.45) is 4.97. The Balaban J connectivity index is 1.62. The molecule has 0 spiro atoms. The van der Waals surface area contributed by atoms with E-state index in [1.807, 2.05) is 97.0 Å². The van der Waals surface area contributed by atoms with Crippen LogP contribution in [0.4, 0.5) is 23.1 Å². The number of nitrogens with zero attached hydrogens (tertiary/aromatic N) is 5. The van der Waals surface area contributed by atoms with E-state index in [4.69, 9.17) is 19.6 Å². The molecule has 0 saturated carbocycles. The van der Waals surface area contributed by atoms with Gasteiger partial charge in [-0.3, -0.25) is 0 Å². The zero-order chi connectivity index (χ0) is 29.6. The summed E-state index contributed by atoms with van der Waals surface area (Å²) in [7, 11) is 1.68. The molecule has 11 nitrogen and oxygen atoms in total. The highest BCUT2D eigenvalue weighted by molar-refractivity contribution is 7.87. The van der Waals surface area contributed by atoms with E-state index >= 15 is 0 Å². The summed E-state index contributed by atoms with van der Waals surface area (Å²) >= 11 is 0. The number of rotatable bonds is 12. The highest BCUT2D eigenvalue weighted by Gasteiger charge is 2.16. The van der Waals surface area contributed by atoms with E-state index in [9.17, 15) is 8.42 Å². The zero-order valence-corrected chi connectivity index (χ0v) is 24.6. The van der Waals surface area contributed by atoms with Crippen LogP contribution in [0.3, 0.4) is 0 Å². The van der Waals surface area contributed by atoms with Gasteiger partial charge in [-0.25, -0.2) is 15.1 Å². The number of anilines is 4. The van der Waals surface area contributed by atoms with Gasteiger partial charge in [0.05, 0.1) is 12.8 Å². The Morgan fingerprint density at radius 2 is 1.54 bits per heavy atom. The maximum absolute atomic E-state index is 11.3. The number of methoxy groups -OCH3 is 1. The second-order valence-corrected chi connectivity index (χ2v) is 10.9. The second kappa shape index (κ2) is 12.9. The Labute approximate surface area is 241 Å². The van der Waals surface area contributed by atoms with Gasteiger partial charge in [0, 0.05) is 50.4 Å². The first-order valence-corrected chi connectivity index (χ1v) is 14.6. The van der Waals surface area contributed by atoms with Gasteiger partial charge in [-0.2, -0.15) is 18.1 Å². The Morgan fingerprint density at radius 3 is 2.12 bits per heavy atom. The van der Waals surface area contributed by atoms with E-state index in [1.165, 1.54) is 0 Å². The van der Waals surface area contributed by atoms with Gasteiger partial charge in [0.1, 0.15) is 17.3 Å². The number of nitrogens with two attached hydrogens (primary N) is 1. The second-order valence-electron chi connectivity index (χ2n) is 9.60. The molecule has 2 aromatic carbocycles. The van der Waals surface area contributed by atoms with Crippen LogP contribution >= 0.6 is 0 Å². The average Bonchev–Trinajstić information content (AvgIpc) is 2.96. The first kappa shape index (κ1) is 29.7. The van der Waals surface area contributed by atoms with Crippen molar-refractivity contribution >= 4 is 33.4 Å². The number of ether oxygens (including phenoxy) is 2. The van der Waals surface area contributed by atoms with Crippen LogP contribution in [0.5, 0.6) is 17.4 Å². The maximum atomic E-state index is 11.3. The molecule has 1 atom stereocenters. The molecule has 2 heterocycles. The van der Waals surface area contributed by atoms with Crippen molar-refractivity contribution < 1.29 is 17.9 Å². The summed E-state index contributed by atoms with van der Waals surface area (Å²) in [5.74, 6) is 2.92. The topological polar surface area (TPSA) is 136 Å². The monoisotopic (exact) mass is 577 g/mol. The van der Waals surface area contributed by atoms with Crippen molar-refractivity contribution in [3.63, 3.8) is 0 Å². The van der Waals surface area contributed by atoms with Crippen LogP contribution in [0.2, 0.25) is 0 Å². The first-order chi connectivity index (χ1) is 19.5. The SMILES string of the molecule is CCc1cnc(N(C)c2cc(Oc3ccc(CC(C)NS(N)(=O)=O)cc3)nc(N(C)c3ccc(OC)cc3)c2)nc1. The zero-order valence-electron chi connectivity index (χ0n) is 23.8. The van der Waals surface area contributed by atoms with Crippen molar-refractivity contribution in [1.29, 1.82) is 0 Å². The molecule has 0 radical (unpaired) electrons. The third-order valence-corrected chi connectivity index (χ3v) is 7.15. The minimum Gasteiger partial charge on any atom is -0.497 e. The molecule has 0 aliphatic heterocycles. The number of nitrogens with one attached hydrogen (secondary N) is 1. The molecule has 4 rings (SSSR count). The normalized spacial score (nSPS) is 12.0. The summed E-state index contributed by atoms with van der Waals surface area (Å²) in [5.41, 5.74) is 3.68. The van der Waals surface area contributed by atoms with Gasteiger partial charge < -0.3 is 19.3 Å². The molecule has 41 heavy (non-hydrogen) atoms. The minimum absolute atomic E-state index is 0.352. The minimum atomic E-state index is -3.77. The summed E-state index contributed by atoms with van der Waals surface area (Å²) in [6.45, 7) is 3.81. The molecule has 0 fully saturated rings. The molecule has 4 aromatic rings. The van der Waals surface area contributed by atoms with Gasteiger partial charge in [0.15, 0.2) is 0 Å². The lowest BCUT2D eigenvalue weighted by atomic mass is 10.1. The van der Waals surface area contributed by atoms with Crippen molar-refractivity contribution in [1.82, 2.24) is 19.7 Å². The van der Waals surface area contributed by atoms with Crippen LogP contribution < -0.4 is 29.1 Å². The van der Waals surface area contributed by atoms with Crippen LogP contribution in [0.1, 0.15) is 25.0 Å². The smallest absolute Gasteiger partial charge is 0.274 e. The van der Waals surface area contributed by atoms with E-state index in [1.54, 1.807) is 14.0 Å². The molecule has 216 valence electrons. The molecule has 0 saturated heterocycles. The van der Waals surface area contributed by atoms with Crippen molar-refractivity contribution in [3.05, 3.63) is 84.2 Å². The average molecular weight is 578 g/mol. The van der Waals surface area contributed by atoms with Crippen LogP contribution in [0.15, 0.2) is 73.1 Å². The molecule has 2 aromatic heterocycles. The fourth-order valence-electron chi connectivity index (χ4n) is 4.14. The number of benzene rings is 2. The fraction of sp³-hybridized carbons (Fsp3) is 0.276. The highest BCUT2D eigenvalue weighted by atomic mass is 32.2. The van der Waals surface area contributed by atoms with Crippen LogP contribution in [0, 0.1) is 0 Å². The summed E-state index contributed by atoms with van der Waals surface area (Å²) in [6, 6.07) is 18.5. The molecule has 0 aliphatic rings. The molecule has 3 N–H and O–H groups in total. The number of hydrogen-bond donors (Lipinski definition) is 2. The summed E-state index contributed by atoms with van der Waals surface area (Å²) in [5, 5.41) is 5.08. The molecule has 12 heteroatoms. The number of hydrogen-bond acceptors (Lipinski definition) is 9. The van der Waals surface area contributed by atoms with Crippen LogP contribution in [0.25, 0.3) is 0 Å². The molecule has 0 bridgehead atoms. The van der Waals surface area contributed by atoms with Gasteiger partial charge in [-0.15, -0.1) is 0 Å². The Kier molecular flexibility index (Phi) is 9.38.